The van der Waals surface area contributed by atoms with Gasteiger partial charge in [0.15, 0.2) is 0 Å². The van der Waals surface area contributed by atoms with Crippen molar-refractivity contribution < 1.29 is 39.3 Å². The number of nitrogens with one attached hydrogen (secondary N) is 4. The van der Waals surface area contributed by atoms with Gasteiger partial charge in [0.05, 0.1) is 12.1 Å². The Balaban J connectivity index is 2.23. The number of rotatable bonds is 13. The van der Waals surface area contributed by atoms with Gasteiger partial charge in [0.1, 0.15) is 18.1 Å². The summed E-state index contributed by atoms with van der Waals surface area (Å²) in [6.45, 7) is 2.51. The minimum Gasteiger partial charge on any atom is -0.481 e. The van der Waals surface area contributed by atoms with Crippen LogP contribution < -0.4 is 21.7 Å². The maximum Gasteiger partial charge on any atom is 0.325 e. The van der Waals surface area contributed by atoms with Crippen molar-refractivity contribution in [2.45, 2.75) is 63.4 Å². The zero-order chi connectivity index (χ0) is 27.0. The number of carboxylic acids is 2. The van der Waals surface area contributed by atoms with E-state index < -0.39 is 59.9 Å². The monoisotopic (exact) mass is 505 g/mol. The third kappa shape index (κ3) is 7.78. The molecule has 0 aliphatic rings. The van der Waals surface area contributed by atoms with Gasteiger partial charge in [-0.25, -0.2) is 0 Å². The Bertz CT molecular complexity index is 1110. The second kappa shape index (κ2) is 12.7. The fraction of sp³-hybridized carbons (Fsp3) is 0.435. The van der Waals surface area contributed by atoms with E-state index in [1.807, 2.05) is 18.2 Å². The zero-order valence-electron chi connectivity index (χ0n) is 19.9. The van der Waals surface area contributed by atoms with Crippen molar-refractivity contribution >= 4 is 40.6 Å². The molecule has 13 nitrogen and oxygen atoms in total. The summed E-state index contributed by atoms with van der Waals surface area (Å²) in [5.41, 5.74) is 7.14. The van der Waals surface area contributed by atoms with Crippen LogP contribution in [0.4, 0.5) is 0 Å². The first-order chi connectivity index (χ1) is 16.9. The average molecular weight is 506 g/mol. The number of carbonyl (C=O) groups excluding carboxylic acids is 3. The summed E-state index contributed by atoms with van der Waals surface area (Å²) in [6.07, 6.45) is -0.307. The summed E-state index contributed by atoms with van der Waals surface area (Å²) >= 11 is 0. The number of nitrogens with two attached hydrogens (primary N) is 1. The van der Waals surface area contributed by atoms with E-state index in [9.17, 15) is 29.1 Å². The molecule has 0 saturated heterocycles. The van der Waals surface area contributed by atoms with E-state index in [0.717, 1.165) is 10.9 Å². The molecule has 5 atom stereocenters. The Morgan fingerprint density at radius 3 is 2.25 bits per heavy atom. The highest BCUT2D eigenvalue weighted by Crippen LogP contribution is 2.19. The molecule has 1 aromatic heterocycles. The molecule has 196 valence electrons. The second-order valence-electron chi connectivity index (χ2n) is 8.46. The lowest BCUT2D eigenvalue weighted by atomic mass is 10.0. The lowest BCUT2D eigenvalue weighted by Crippen LogP contribution is -2.60. The van der Waals surface area contributed by atoms with Gasteiger partial charge in [-0.1, -0.05) is 18.2 Å². The van der Waals surface area contributed by atoms with Crippen molar-refractivity contribution in [1.29, 1.82) is 0 Å². The van der Waals surface area contributed by atoms with Crippen LogP contribution in [0.25, 0.3) is 10.9 Å². The fourth-order valence-corrected chi connectivity index (χ4v) is 3.44. The summed E-state index contributed by atoms with van der Waals surface area (Å²) < 4.78 is 0. The van der Waals surface area contributed by atoms with Gasteiger partial charge in [-0.2, -0.15) is 0 Å². The van der Waals surface area contributed by atoms with Crippen LogP contribution in [0.2, 0.25) is 0 Å². The summed E-state index contributed by atoms with van der Waals surface area (Å²) in [4.78, 5) is 63.2. The SMILES string of the molecule is CC(NC(=O)C(Cc1c[nH]c2ccccc12)NC(=O)C(NC(=O)C(N)CCC(=O)O)C(C)O)C(=O)O. The van der Waals surface area contributed by atoms with E-state index in [1.165, 1.54) is 13.8 Å². The molecule has 0 aliphatic heterocycles. The molecule has 0 spiro atoms. The van der Waals surface area contributed by atoms with Gasteiger partial charge >= 0.3 is 11.9 Å². The molecule has 5 unspecified atom stereocenters. The van der Waals surface area contributed by atoms with Crippen molar-refractivity contribution in [2.24, 2.45) is 5.73 Å². The first-order valence-electron chi connectivity index (χ1n) is 11.2. The van der Waals surface area contributed by atoms with Gasteiger partial charge in [0.25, 0.3) is 0 Å². The van der Waals surface area contributed by atoms with Crippen molar-refractivity contribution in [3.05, 3.63) is 36.0 Å². The van der Waals surface area contributed by atoms with Crippen LogP contribution in [0.1, 0.15) is 32.3 Å². The number of benzene rings is 1. The number of aromatic amines is 1. The minimum absolute atomic E-state index is 0.0213. The summed E-state index contributed by atoms with van der Waals surface area (Å²) in [7, 11) is 0. The fourth-order valence-electron chi connectivity index (χ4n) is 3.44. The van der Waals surface area contributed by atoms with Crippen LogP contribution in [-0.4, -0.2) is 80.2 Å². The average Bonchev–Trinajstić information content (AvgIpc) is 3.22. The lowest BCUT2D eigenvalue weighted by molar-refractivity contribution is -0.142. The van der Waals surface area contributed by atoms with Gasteiger partial charge < -0.3 is 42.0 Å². The topological polar surface area (TPSA) is 224 Å². The van der Waals surface area contributed by atoms with E-state index in [0.29, 0.717) is 5.56 Å². The van der Waals surface area contributed by atoms with Crippen LogP contribution >= 0.6 is 0 Å². The molecule has 1 heterocycles. The maximum atomic E-state index is 13.0. The molecule has 36 heavy (non-hydrogen) atoms. The molecule has 3 amide bonds. The highest BCUT2D eigenvalue weighted by Gasteiger charge is 2.32. The predicted octanol–water partition coefficient (Wildman–Crippen LogP) is -1.16. The van der Waals surface area contributed by atoms with Crippen molar-refractivity contribution in [1.82, 2.24) is 20.9 Å². The number of aliphatic hydroxyl groups is 1. The molecule has 9 N–H and O–H groups in total. The highest BCUT2D eigenvalue weighted by atomic mass is 16.4. The Labute approximate surface area is 206 Å². The number of carboxylic acid groups (broad SMARTS) is 2. The van der Waals surface area contributed by atoms with E-state index in [2.05, 4.69) is 20.9 Å². The number of fused-ring (bicyclic) bond motifs is 1. The van der Waals surface area contributed by atoms with E-state index in [4.69, 9.17) is 15.9 Å². The zero-order valence-corrected chi connectivity index (χ0v) is 19.9. The predicted molar refractivity (Wildman–Crippen MR) is 128 cm³/mol. The number of H-pyrrole nitrogens is 1. The molecular weight excluding hydrogens is 474 g/mol. The quantitative estimate of drug-likeness (QED) is 0.164. The third-order valence-corrected chi connectivity index (χ3v) is 5.53. The van der Waals surface area contributed by atoms with E-state index in [-0.39, 0.29) is 19.3 Å². The van der Waals surface area contributed by atoms with Gasteiger partial charge in [-0.05, 0) is 31.9 Å². The Hall–Kier alpha value is -3.97. The van der Waals surface area contributed by atoms with Gasteiger partial charge in [0.2, 0.25) is 17.7 Å². The number of para-hydroxylation sites is 1. The van der Waals surface area contributed by atoms with Gasteiger partial charge in [-0.15, -0.1) is 0 Å². The normalized spacial score (nSPS) is 15.2. The standard InChI is InChI=1S/C23H31N5O8/c1-11(23(35)36)26-21(33)17(9-13-10-25-16-6-4-3-5-14(13)16)27-22(34)19(12(2)29)28-20(32)15(24)7-8-18(30)31/h3-6,10-12,15,17,19,25,29H,7-9,24H2,1-2H3,(H,26,33)(H,27,34)(H,28,32)(H,30,31)(H,35,36). The molecule has 0 saturated carbocycles. The second-order valence-corrected chi connectivity index (χ2v) is 8.46. The van der Waals surface area contributed by atoms with Crippen molar-refractivity contribution in [3.63, 3.8) is 0 Å². The summed E-state index contributed by atoms with van der Waals surface area (Å²) in [5, 5.41) is 35.9. The first-order valence-corrected chi connectivity index (χ1v) is 11.2. The smallest absolute Gasteiger partial charge is 0.325 e. The van der Waals surface area contributed by atoms with Crippen LogP contribution in [0.3, 0.4) is 0 Å². The number of hydrogen-bond donors (Lipinski definition) is 8. The molecule has 2 rings (SSSR count). The summed E-state index contributed by atoms with van der Waals surface area (Å²) in [6, 6.07) is 2.02. The van der Waals surface area contributed by atoms with Gasteiger partial charge in [0, 0.05) is 29.9 Å². The minimum atomic E-state index is -1.51. The lowest BCUT2D eigenvalue weighted by Gasteiger charge is -2.26. The third-order valence-electron chi connectivity index (χ3n) is 5.53. The molecule has 0 fully saturated rings. The van der Waals surface area contributed by atoms with Crippen molar-refractivity contribution in [3.8, 4) is 0 Å². The Morgan fingerprint density at radius 1 is 0.972 bits per heavy atom. The largest absolute Gasteiger partial charge is 0.481 e. The number of aliphatic carboxylic acids is 2. The van der Waals surface area contributed by atoms with E-state index >= 15 is 0 Å². The molecule has 1 aromatic carbocycles. The van der Waals surface area contributed by atoms with Gasteiger partial charge in [-0.3, -0.25) is 24.0 Å². The van der Waals surface area contributed by atoms with Crippen molar-refractivity contribution in [2.75, 3.05) is 0 Å². The van der Waals surface area contributed by atoms with Crippen LogP contribution in [-0.2, 0) is 30.4 Å². The maximum absolute atomic E-state index is 13.0. The molecule has 2 aromatic rings. The van der Waals surface area contributed by atoms with Crippen LogP contribution in [0.15, 0.2) is 30.5 Å². The number of amides is 3. The van der Waals surface area contributed by atoms with Crippen LogP contribution in [0.5, 0.6) is 0 Å². The number of hydrogen-bond acceptors (Lipinski definition) is 7. The Kier molecular flexibility index (Phi) is 9.93. The molecular formula is C23H31N5O8. The Morgan fingerprint density at radius 2 is 1.64 bits per heavy atom. The number of carbonyl (C=O) groups is 5. The molecule has 0 radical (unpaired) electrons. The molecule has 13 heteroatoms. The molecule has 0 aliphatic carbocycles. The molecule has 0 bridgehead atoms. The first kappa shape index (κ1) is 28.3. The van der Waals surface area contributed by atoms with E-state index in [1.54, 1.807) is 12.3 Å². The number of aromatic nitrogens is 1. The summed E-state index contributed by atoms with van der Waals surface area (Å²) in [5.74, 6) is -4.96. The van der Waals surface area contributed by atoms with Crippen LogP contribution in [0, 0.1) is 0 Å². The highest BCUT2D eigenvalue weighted by molar-refractivity contribution is 5.95. The number of aliphatic hydroxyl groups excluding tert-OH is 1.